The van der Waals surface area contributed by atoms with Gasteiger partial charge < -0.3 is 14.3 Å². The second-order valence-electron chi connectivity index (χ2n) is 29.4. The molecule has 13 nitrogen and oxygen atoms in total. The zero-order valence-electron chi connectivity index (χ0n) is 63.2. The van der Waals surface area contributed by atoms with Crippen molar-refractivity contribution in [3.63, 3.8) is 0 Å². The molecule has 1 N–H and O–H groups in total. The number of pyridine rings is 1. The van der Waals surface area contributed by atoms with Crippen molar-refractivity contribution < 1.29 is 17.0 Å². The lowest BCUT2D eigenvalue weighted by atomic mass is 9.78. The van der Waals surface area contributed by atoms with Gasteiger partial charge in [0.1, 0.15) is 0 Å². The molecule has 5 aromatic heterocycles. The highest BCUT2D eigenvalue weighted by Crippen LogP contribution is 2.40. The van der Waals surface area contributed by atoms with Gasteiger partial charge in [-0.2, -0.15) is 19.9 Å². The Morgan fingerprint density at radius 1 is 0.357 bits per heavy atom. The van der Waals surface area contributed by atoms with Crippen molar-refractivity contribution in [2.45, 2.75) is 45.3 Å². The molecule has 6 heterocycles. The molecule has 1 aliphatic heterocycles. The molecular weight excluding hydrogens is 1600 g/mol. The largest absolute Gasteiger partial charge is 0.494 e. The van der Waals surface area contributed by atoms with Gasteiger partial charge in [-0.3, -0.25) is 18.7 Å². The summed E-state index contributed by atoms with van der Waals surface area (Å²) in [7, 11) is -0.442. The van der Waals surface area contributed by atoms with Gasteiger partial charge in [0.15, 0.2) is 34.5 Å². The van der Waals surface area contributed by atoms with E-state index in [1.54, 1.807) is 0 Å². The number of benzene rings is 14. The van der Waals surface area contributed by atoms with Crippen molar-refractivity contribution in [2.75, 3.05) is 0 Å². The van der Waals surface area contributed by atoms with Crippen molar-refractivity contribution in [1.29, 1.82) is 0 Å². The maximum Gasteiger partial charge on any atom is 0.494 e. The Labute approximate surface area is 689 Å². The molecule has 2 aliphatic rings. The highest BCUT2D eigenvalue weighted by molar-refractivity contribution is 14.1. The zero-order chi connectivity index (χ0) is 78.3. The van der Waals surface area contributed by atoms with Crippen LogP contribution in [0.25, 0.3) is 145 Å². The molecule has 19 aromatic rings. The molecule has 0 atom stereocenters. The van der Waals surface area contributed by atoms with Crippen LogP contribution in [0.2, 0.25) is 0 Å². The second kappa shape index (κ2) is 31.2. The van der Waals surface area contributed by atoms with Crippen LogP contribution >= 0.6 is 38.5 Å². The van der Waals surface area contributed by atoms with E-state index >= 15 is 0 Å². The van der Waals surface area contributed by atoms with E-state index in [4.69, 9.17) is 39.2 Å². The summed E-state index contributed by atoms with van der Waals surface area (Å²) >= 11 is 5.72. The Kier molecular flexibility index (Phi) is 19.9. The van der Waals surface area contributed by atoms with Crippen LogP contribution in [0.15, 0.2) is 355 Å². The summed E-state index contributed by atoms with van der Waals surface area (Å²) < 4.78 is 19.2. The fourth-order valence-electron chi connectivity index (χ4n) is 15.0. The van der Waals surface area contributed by atoms with E-state index in [1.807, 2.05) is 218 Å². The van der Waals surface area contributed by atoms with E-state index in [0.29, 0.717) is 46.0 Å². The van der Waals surface area contributed by atoms with E-state index in [9.17, 15) is 9.59 Å². The van der Waals surface area contributed by atoms with Gasteiger partial charge in [-0.05, 0) is 174 Å². The molecule has 0 amide bonds. The van der Waals surface area contributed by atoms with Crippen molar-refractivity contribution >= 4 is 122 Å². The Bertz CT molecular complexity index is 6850. The molecule has 1 fully saturated rings. The molecule has 0 saturated carbocycles. The van der Waals surface area contributed by atoms with Crippen molar-refractivity contribution in [3.8, 4) is 79.7 Å². The molecule has 1 aliphatic carbocycles. The number of nitrogens with one attached hydrogen (secondary N) is 1. The van der Waals surface area contributed by atoms with Crippen LogP contribution in [0.3, 0.4) is 0 Å². The Morgan fingerprint density at radius 2 is 0.748 bits per heavy atom. The molecule has 558 valence electrons. The lowest BCUT2D eigenvalue weighted by Gasteiger charge is -2.32. The number of hydrogen-bond donors (Lipinski definition) is 1. The highest BCUT2D eigenvalue weighted by atomic mass is 127. The van der Waals surface area contributed by atoms with Crippen molar-refractivity contribution in [2.24, 2.45) is 0 Å². The van der Waals surface area contributed by atoms with E-state index < -0.39 is 18.3 Å². The fourth-order valence-corrected chi connectivity index (χ4v) is 15.7. The number of halogens is 2. The van der Waals surface area contributed by atoms with Crippen LogP contribution in [-0.2, 0) is 15.7 Å². The van der Waals surface area contributed by atoms with Gasteiger partial charge in [0, 0.05) is 87.6 Å². The van der Waals surface area contributed by atoms with Gasteiger partial charge in [0.2, 0.25) is 11.9 Å². The number of H-pyrrole nitrogens is 1. The number of para-hydroxylation sites is 3. The Balaban J connectivity index is 0.000000130. The summed E-state index contributed by atoms with van der Waals surface area (Å²) in [4.78, 5) is 58.9. The zero-order valence-corrected chi connectivity index (χ0v) is 66.9. The van der Waals surface area contributed by atoms with E-state index in [0.717, 1.165) is 127 Å². The molecule has 0 bridgehead atoms. The third kappa shape index (κ3) is 14.7. The number of hydrogen-bond acceptors (Lipinski definition) is 10. The summed E-state index contributed by atoms with van der Waals surface area (Å²) in [6, 6.07) is 116. The van der Waals surface area contributed by atoms with Gasteiger partial charge in [-0.15, -0.1) is 0 Å². The lowest BCUT2D eigenvalue weighted by Crippen LogP contribution is -2.41. The fraction of sp³-hybridized carbons (Fsp3) is 0.0707. The number of nitrogens with zero attached hydrogens (tertiary/aromatic N) is 8. The summed E-state index contributed by atoms with van der Waals surface area (Å²) in [5.74, 6) is 3.74. The Hall–Kier alpha value is -13.0. The van der Waals surface area contributed by atoms with E-state index in [-0.39, 0.29) is 14.1 Å². The lowest BCUT2D eigenvalue weighted by molar-refractivity contribution is 0.00578. The average Bonchev–Trinajstić information content (AvgIpc) is 1.56. The third-order valence-corrected chi connectivity index (χ3v) is 22.8. The van der Waals surface area contributed by atoms with E-state index in [1.165, 1.54) is 14.7 Å². The average molecular weight is 1680 g/mol. The van der Waals surface area contributed by atoms with Crippen molar-refractivity contribution in [3.05, 3.63) is 386 Å². The smallest absolute Gasteiger partial charge is 0.399 e. The minimum Gasteiger partial charge on any atom is -0.399 e. The first kappa shape index (κ1) is 73.5. The molecule has 0 radical (unpaired) electrons. The molecule has 115 heavy (non-hydrogen) atoms. The monoisotopic (exact) mass is 1670 g/mol. The molecule has 1 saturated heterocycles. The standard InChI is InChI=1S/C40H25N5O.C33H29BN4O2.C14H9BrO.C12H9I.2H2/c46-37-30-16-7-9-17-33(30)41-34-21-19-27(24-32(34)37)28-20-22-36-31(23-28)29-15-8-10-18-35(29)45(36)40-43-38(25-11-3-1-4-12-25)42-39(44-40)26-13-5-2-6-14-26;1-32(2)33(3,4)40-34(39-32)24-19-20-28-26(21-24)25-17-11-12-18-27(25)38(28)31-36-29(22-13-7-5-8-14-22)35-30(37-31)23-15-9-6-10-16-23;15-11-6-5-10-7-9-3-1-2-4-12(9)14(16)13(10)8-11;13-12-8-6-11(7-9-12)10-4-2-1-3-5-10;;/h1-24H,(H,41,46);5-21H,1-4H3;1-6,8H,7H2;1-9H;2*1H/i;;;;2*1+1. The molecular formula is C99H76BBrIN9O4. The van der Waals surface area contributed by atoms with Gasteiger partial charge in [0.25, 0.3) is 0 Å². The first-order chi connectivity index (χ1) is 56.1. The van der Waals surface area contributed by atoms with Gasteiger partial charge >= 0.3 is 7.12 Å². The maximum atomic E-state index is 13.4. The minimum absolute atomic E-state index is 0. The first-order valence-corrected chi connectivity index (χ1v) is 39.9. The topological polar surface area (TPSA) is 156 Å². The van der Waals surface area contributed by atoms with E-state index in [2.05, 4.69) is 208 Å². The quantitative estimate of drug-likeness (QED) is 0.0838. The SMILES string of the molecule is CC1(C)OB(c2ccc3c(c2)c2ccccc2n3-c2nc(-c3ccccc3)nc(-c3ccccc3)n2)OC1(C)C.Ic1ccc(-c2ccccc2)cc1.O=C1c2ccccc2Cc2ccc(Br)cc21.O=c1c2ccccc2[nH]c2ccc(-c3ccc4c(c3)c3ccccc3n4-c3nc(-c4ccccc4)nc(-c4ccccc4)n3)cc12.[2HH].[2HH]. The predicted octanol–water partition coefficient (Wildman–Crippen LogP) is 23.6. The number of ketones is 1. The minimum atomic E-state index is -0.442. The number of carbonyl (C=O) groups excluding carboxylic acids is 1. The summed E-state index contributed by atoms with van der Waals surface area (Å²) in [5, 5.41) is 5.72. The van der Waals surface area contributed by atoms with Crippen LogP contribution in [0.1, 0.15) is 57.6 Å². The number of fused-ring (bicyclic) bond motifs is 10. The summed E-state index contributed by atoms with van der Waals surface area (Å²) in [5.41, 5.74) is 18.1. The van der Waals surface area contributed by atoms with Crippen LogP contribution < -0.4 is 10.9 Å². The normalized spacial score (nSPS) is 13.2. The van der Waals surface area contributed by atoms with Crippen LogP contribution in [0, 0.1) is 3.57 Å². The van der Waals surface area contributed by atoms with Gasteiger partial charge in [-0.1, -0.05) is 283 Å². The number of carbonyl (C=O) groups is 1. The predicted molar refractivity (Wildman–Crippen MR) is 483 cm³/mol. The summed E-state index contributed by atoms with van der Waals surface area (Å²) in [6.45, 7) is 8.30. The third-order valence-electron chi connectivity index (χ3n) is 21.6. The number of rotatable bonds is 9. The molecule has 0 spiro atoms. The number of aromatic amines is 1. The summed E-state index contributed by atoms with van der Waals surface area (Å²) in [6.07, 6.45) is 0.852. The van der Waals surface area contributed by atoms with Crippen LogP contribution in [-0.4, -0.2) is 68.1 Å². The highest BCUT2D eigenvalue weighted by Gasteiger charge is 2.52. The van der Waals surface area contributed by atoms with Gasteiger partial charge in [0.05, 0.1) is 33.3 Å². The van der Waals surface area contributed by atoms with Gasteiger partial charge in [-0.25, -0.2) is 9.97 Å². The van der Waals surface area contributed by atoms with Crippen molar-refractivity contribution in [1.82, 2.24) is 44.0 Å². The van der Waals surface area contributed by atoms with Crippen LogP contribution in [0.4, 0.5) is 0 Å². The molecule has 16 heteroatoms. The second-order valence-corrected chi connectivity index (χ2v) is 31.6. The maximum absolute atomic E-state index is 13.4. The first-order valence-electron chi connectivity index (χ1n) is 38.1. The molecule has 21 rings (SSSR count). The molecule has 14 aromatic carbocycles. The van der Waals surface area contributed by atoms with Crippen LogP contribution in [0.5, 0.6) is 0 Å². The Morgan fingerprint density at radius 3 is 1.28 bits per heavy atom. The number of aromatic nitrogens is 9. The molecule has 0 unspecified atom stereocenters.